The number of hydrogen-bond donors (Lipinski definition) is 4. The highest BCUT2D eigenvalue weighted by molar-refractivity contribution is 5.78. The van der Waals surface area contributed by atoms with E-state index in [-0.39, 0.29) is 25.6 Å². The predicted octanol–water partition coefficient (Wildman–Crippen LogP) is -0.376. The van der Waals surface area contributed by atoms with Gasteiger partial charge in [0.2, 0.25) is 5.91 Å². The van der Waals surface area contributed by atoms with Gasteiger partial charge in [0, 0.05) is 12.6 Å². The zero-order valence-corrected chi connectivity index (χ0v) is 10.2. The Bertz CT molecular complexity index is 188. The number of carbonyl (C=O) groups is 1. The summed E-state index contributed by atoms with van der Waals surface area (Å²) in [5.74, 6) is -0.151. The summed E-state index contributed by atoms with van der Waals surface area (Å²) < 4.78 is 0. The molecule has 4 N–H and O–H groups in total. The molecule has 0 aliphatic rings. The summed E-state index contributed by atoms with van der Waals surface area (Å²) in [6.45, 7) is 4.22. The molecular formula is C11H24N2O3. The van der Waals surface area contributed by atoms with Crippen LogP contribution in [-0.2, 0) is 4.79 Å². The maximum absolute atomic E-state index is 11.3. The molecule has 0 spiro atoms. The highest BCUT2D eigenvalue weighted by Crippen LogP contribution is 1.99. The van der Waals surface area contributed by atoms with Crippen LogP contribution < -0.4 is 10.6 Å². The van der Waals surface area contributed by atoms with Crippen LogP contribution in [0.4, 0.5) is 0 Å². The van der Waals surface area contributed by atoms with Crippen molar-refractivity contribution in [3.05, 3.63) is 0 Å². The van der Waals surface area contributed by atoms with Crippen molar-refractivity contribution < 1.29 is 15.0 Å². The summed E-state index contributed by atoms with van der Waals surface area (Å²) in [5, 5.41) is 23.3. The minimum absolute atomic E-state index is 0.0988. The van der Waals surface area contributed by atoms with Gasteiger partial charge in [-0.05, 0) is 12.8 Å². The van der Waals surface area contributed by atoms with E-state index in [1.807, 2.05) is 0 Å². The van der Waals surface area contributed by atoms with Crippen LogP contribution in [0.25, 0.3) is 0 Å². The Kier molecular flexibility index (Phi) is 9.18. The second-order valence-corrected chi connectivity index (χ2v) is 3.92. The number of aliphatic hydroxyl groups is 2. The van der Waals surface area contributed by atoms with Crippen LogP contribution in [0, 0.1) is 0 Å². The minimum atomic E-state index is -0.874. The first-order valence-electron chi connectivity index (χ1n) is 5.93. The molecule has 0 aromatic heterocycles. The zero-order chi connectivity index (χ0) is 12.4. The van der Waals surface area contributed by atoms with Gasteiger partial charge in [0.05, 0.1) is 19.3 Å². The van der Waals surface area contributed by atoms with E-state index in [9.17, 15) is 4.79 Å². The van der Waals surface area contributed by atoms with E-state index >= 15 is 0 Å². The SMILES string of the molecule is CCCC(CC)NCC(=O)NC[C@H](O)CO. The fourth-order valence-corrected chi connectivity index (χ4v) is 1.39. The Labute approximate surface area is 97.2 Å². The van der Waals surface area contributed by atoms with Gasteiger partial charge in [-0.1, -0.05) is 20.3 Å². The third kappa shape index (κ3) is 7.62. The van der Waals surface area contributed by atoms with Crippen LogP contribution in [0.15, 0.2) is 0 Å². The van der Waals surface area contributed by atoms with Crippen LogP contribution in [-0.4, -0.2) is 48.0 Å². The lowest BCUT2D eigenvalue weighted by Gasteiger charge is -2.16. The first-order valence-corrected chi connectivity index (χ1v) is 5.93. The molecule has 2 atom stereocenters. The number of amides is 1. The molecule has 0 saturated carbocycles. The zero-order valence-electron chi connectivity index (χ0n) is 10.2. The normalized spacial score (nSPS) is 14.5. The molecule has 0 saturated heterocycles. The van der Waals surface area contributed by atoms with E-state index in [1.54, 1.807) is 0 Å². The van der Waals surface area contributed by atoms with E-state index in [1.165, 1.54) is 0 Å². The quantitative estimate of drug-likeness (QED) is 0.437. The summed E-state index contributed by atoms with van der Waals surface area (Å²) in [6.07, 6.45) is 2.28. The van der Waals surface area contributed by atoms with Crippen molar-refractivity contribution in [1.82, 2.24) is 10.6 Å². The molecule has 1 unspecified atom stereocenters. The summed E-state index contributed by atoms with van der Waals surface area (Å²) in [4.78, 5) is 11.3. The van der Waals surface area contributed by atoms with Crippen LogP contribution >= 0.6 is 0 Å². The molecule has 0 aliphatic carbocycles. The minimum Gasteiger partial charge on any atom is -0.394 e. The molecular weight excluding hydrogens is 208 g/mol. The molecule has 0 aliphatic heterocycles. The topological polar surface area (TPSA) is 81.6 Å². The van der Waals surface area contributed by atoms with Crippen molar-refractivity contribution in [1.29, 1.82) is 0 Å². The van der Waals surface area contributed by atoms with E-state index in [0.29, 0.717) is 6.04 Å². The smallest absolute Gasteiger partial charge is 0.234 e. The third-order valence-corrected chi connectivity index (χ3v) is 2.43. The molecule has 0 fully saturated rings. The van der Waals surface area contributed by atoms with Gasteiger partial charge in [-0.3, -0.25) is 4.79 Å². The van der Waals surface area contributed by atoms with Crippen molar-refractivity contribution in [2.75, 3.05) is 19.7 Å². The van der Waals surface area contributed by atoms with Gasteiger partial charge < -0.3 is 20.8 Å². The number of nitrogens with one attached hydrogen (secondary N) is 2. The average molecular weight is 232 g/mol. The van der Waals surface area contributed by atoms with Gasteiger partial charge in [-0.2, -0.15) is 0 Å². The second-order valence-electron chi connectivity index (χ2n) is 3.92. The van der Waals surface area contributed by atoms with Crippen molar-refractivity contribution in [3.63, 3.8) is 0 Å². The van der Waals surface area contributed by atoms with Gasteiger partial charge >= 0.3 is 0 Å². The summed E-state index contributed by atoms with van der Waals surface area (Å²) in [5.41, 5.74) is 0. The summed E-state index contributed by atoms with van der Waals surface area (Å²) in [6, 6.07) is 0.374. The number of aliphatic hydroxyl groups excluding tert-OH is 2. The van der Waals surface area contributed by atoms with Gasteiger partial charge in [0.25, 0.3) is 0 Å². The van der Waals surface area contributed by atoms with Crippen molar-refractivity contribution in [3.8, 4) is 0 Å². The standard InChI is InChI=1S/C11H24N2O3/c1-3-5-9(4-2)12-7-11(16)13-6-10(15)8-14/h9-10,12,14-15H,3-8H2,1-2H3,(H,13,16)/t9?,10-/m0/s1. The molecule has 1 amide bonds. The first-order chi connectivity index (χ1) is 7.63. The maximum atomic E-state index is 11.3. The van der Waals surface area contributed by atoms with E-state index < -0.39 is 6.10 Å². The van der Waals surface area contributed by atoms with E-state index in [0.717, 1.165) is 19.3 Å². The molecule has 5 nitrogen and oxygen atoms in total. The molecule has 5 heteroatoms. The Hall–Kier alpha value is -0.650. The summed E-state index contributed by atoms with van der Waals surface area (Å²) >= 11 is 0. The Morgan fingerprint density at radius 2 is 2.06 bits per heavy atom. The molecule has 96 valence electrons. The van der Waals surface area contributed by atoms with Crippen LogP contribution in [0.5, 0.6) is 0 Å². The molecule has 0 aromatic rings. The number of rotatable bonds is 9. The lowest BCUT2D eigenvalue weighted by molar-refractivity contribution is -0.120. The van der Waals surface area contributed by atoms with E-state index in [4.69, 9.17) is 10.2 Å². The van der Waals surface area contributed by atoms with Crippen LogP contribution in [0.2, 0.25) is 0 Å². The van der Waals surface area contributed by atoms with Gasteiger partial charge in [0.15, 0.2) is 0 Å². The molecule has 0 radical (unpaired) electrons. The lowest BCUT2D eigenvalue weighted by atomic mass is 10.1. The molecule has 0 bridgehead atoms. The Balaban J connectivity index is 3.62. The van der Waals surface area contributed by atoms with Gasteiger partial charge in [-0.25, -0.2) is 0 Å². The van der Waals surface area contributed by atoms with Gasteiger partial charge in [0.1, 0.15) is 0 Å². The largest absolute Gasteiger partial charge is 0.394 e. The van der Waals surface area contributed by atoms with Crippen molar-refractivity contribution in [2.24, 2.45) is 0 Å². The second kappa shape index (κ2) is 9.57. The van der Waals surface area contributed by atoms with Crippen molar-refractivity contribution in [2.45, 2.75) is 45.3 Å². The maximum Gasteiger partial charge on any atom is 0.234 e. The first kappa shape index (κ1) is 15.3. The Morgan fingerprint density at radius 3 is 2.56 bits per heavy atom. The fraction of sp³-hybridized carbons (Fsp3) is 0.909. The highest BCUT2D eigenvalue weighted by atomic mass is 16.3. The molecule has 0 rings (SSSR count). The van der Waals surface area contributed by atoms with Crippen molar-refractivity contribution >= 4 is 5.91 Å². The van der Waals surface area contributed by atoms with Crippen LogP contribution in [0.1, 0.15) is 33.1 Å². The molecule has 0 aromatic carbocycles. The molecule has 0 heterocycles. The predicted molar refractivity (Wildman–Crippen MR) is 63.1 cm³/mol. The molecule has 16 heavy (non-hydrogen) atoms. The lowest BCUT2D eigenvalue weighted by Crippen LogP contribution is -2.42. The number of carbonyl (C=O) groups excluding carboxylic acids is 1. The fourth-order valence-electron chi connectivity index (χ4n) is 1.39. The average Bonchev–Trinajstić information content (AvgIpc) is 2.31. The van der Waals surface area contributed by atoms with Crippen LogP contribution in [0.3, 0.4) is 0 Å². The third-order valence-electron chi connectivity index (χ3n) is 2.43. The monoisotopic (exact) mass is 232 g/mol. The summed E-state index contributed by atoms with van der Waals surface area (Å²) in [7, 11) is 0. The Morgan fingerprint density at radius 1 is 1.38 bits per heavy atom. The van der Waals surface area contributed by atoms with Gasteiger partial charge in [-0.15, -0.1) is 0 Å². The van der Waals surface area contributed by atoms with E-state index in [2.05, 4.69) is 24.5 Å². The number of hydrogen-bond acceptors (Lipinski definition) is 4. The highest BCUT2D eigenvalue weighted by Gasteiger charge is 2.08.